The largest absolute Gasteiger partial charge is 0.356 e. The minimum absolute atomic E-state index is 0.132. The summed E-state index contributed by atoms with van der Waals surface area (Å²) in [5.74, 6) is 0.317. The van der Waals surface area contributed by atoms with Crippen molar-refractivity contribution < 1.29 is 13.6 Å². The van der Waals surface area contributed by atoms with E-state index in [0.29, 0.717) is 42.7 Å². The molecule has 1 N–H and O–H groups in total. The fraction of sp³-hybridized carbons (Fsp3) is 0.357. The zero-order valence-corrected chi connectivity index (χ0v) is 12.8. The fourth-order valence-corrected chi connectivity index (χ4v) is 2.62. The number of H-pyrrole nitrogens is 1. The maximum atomic E-state index is 12.7. The molecule has 1 fully saturated rings. The lowest BCUT2D eigenvalue weighted by atomic mass is 10.2. The van der Waals surface area contributed by atoms with Gasteiger partial charge in [-0.05, 0) is 6.07 Å². The normalized spacial score (nSPS) is 15.3. The van der Waals surface area contributed by atoms with Crippen LogP contribution in [0.4, 0.5) is 14.6 Å². The number of piperazine rings is 1. The number of aromatic amines is 1. The highest BCUT2D eigenvalue weighted by atomic mass is 35.5. The topological polar surface area (TPSA) is 65.1 Å². The first-order valence-electron chi connectivity index (χ1n) is 7.03. The number of aromatic nitrogens is 3. The molecule has 0 unspecified atom stereocenters. The number of rotatable bonds is 3. The Kier molecular flexibility index (Phi) is 4.42. The first-order valence-corrected chi connectivity index (χ1v) is 7.40. The SMILES string of the molecule is O=C(c1cc(Cl)c[nH]1)N1CCN(c2cc(C(F)F)ncn2)CC1. The zero-order chi connectivity index (χ0) is 16.4. The lowest BCUT2D eigenvalue weighted by Crippen LogP contribution is -2.49. The van der Waals surface area contributed by atoms with E-state index in [4.69, 9.17) is 11.6 Å². The van der Waals surface area contributed by atoms with Gasteiger partial charge in [-0.3, -0.25) is 4.79 Å². The third-order valence-electron chi connectivity index (χ3n) is 3.67. The van der Waals surface area contributed by atoms with E-state index in [2.05, 4.69) is 15.0 Å². The van der Waals surface area contributed by atoms with Crippen LogP contribution >= 0.6 is 11.6 Å². The van der Waals surface area contributed by atoms with Gasteiger partial charge in [0.15, 0.2) is 0 Å². The van der Waals surface area contributed by atoms with Gasteiger partial charge in [0, 0.05) is 38.4 Å². The predicted molar refractivity (Wildman–Crippen MR) is 80.9 cm³/mol. The molecule has 1 saturated heterocycles. The summed E-state index contributed by atoms with van der Waals surface area (Å²) in [6, 6.07) is 2.86. The smallest absolute Gasteiger partial charge is 0.280 e. The maximum absolute atomic E-state index is 12.7. The van der Waals surface area contributed by atoms with Gasteiger partial charge in [0.1, 0.15) is 23.5 Å². The van der Waals surface area contributed by atoms with Crippen molar-refractivity contribution in [2.24, 2.45) is 0 Å². The van der Waals surface area contributed by atoms with Crippen LogP contribution in [-0.4, -0.2) is 51.9 Å². The number of hydrogen-bond acceptors (Lipinski definition) is 4. The number of carbonyl (C=O) groups is 1. The van der Waals surface area contributed by atoms with Gasteiger partial charge in [-0.15, -0.1) is 0 Å². The second kappa shape index (κ2) is 6.49. The molecule has 1 aliphatic heterocycles. The Morgan fingerprint density at radius 3 is 2.57 bits per heavy atom. The number of halogens is 3. The van der Waals surface area contributed by atoms with Crippen molar-refractivity contribution in [3.8, 4) is 0 Å². The van der Waals surface area contributed by atoms with Crippen molar-refractivity contribution in [1.29, 1.82) is 0 Å². The Bertz CT molecular complexity index is 700. The van der Waals surface area contributed by atoms with E-state index >= 15 is 0 Å². The van der Waals surface area contributed by atoms with Crippen molar-refractivity contribution in [1.82, 2.24) is 19.9 Å². The van der Waals surface area contributed by atoms with Crippen LogP contribution in [0, 0.1) is 0 Å². The van der Waals surface area contributed by atoms with Crippen molar-refractivity contribution in [2.75, 3.05) is 31.1 Å². The van der Waals surface area contributed by atoms with Gasteiger partial charge in [-0.1, -0.05) is 11.6 Å². The first kappa shape index (κ1) is 15.7. The van der Waals surface area contributed by atoms with E-state index in [1.165, 1.54) is 6.07 Å². The van der Waals surface area contributed by atoms with Crippen LogP contribution in [0.15, 0.2) is 24.7 Å². The summed E-state index contributed by atoms with van der Waals surface area (Å²) in [4.78, 5) is 26.2. The molecule has 6 nitrogen and oxygen atoms in total. The summed E-state index contributed by atoms with van der Waals surface area (Å²) in [6.07, 6.45) is 0.0600. The second-order valence-corrected chi connectivity index (χ2v) is 5.55. The van der Waals surface area contributed by atoms with Gasteiger partial charge in [0.05, 0.1) is 5.02 Å². The van der Waals surface area contributed by atoms with Crippen molar-refractivity contribution in [3.63, 3.8) is 0 Å². The highest BCUT2D eigenvalue weighted by molar-refractivity contribution is 6.30. The minimum atomic E-state index is -2.63. The monoisotopic (exact) mass is 341 g/mol. The lowest BCUT2D eigenvalue weighted by molar-refractivity contribution is 0.0741. The van der Waals surface area contributed by atoms with Crippen LogP contribution in [-0.2, 0) is 0 Å². The predicted octanol–water partition coefficient (Wildman–Crippen LogP) is 2.36. The molecular weight excluding hydrogens is 328 g/mol. The Morgan fingerprint density at radius 1 is 1.22 bits per heavy atom. The van der Waals surface area contributed by atoms with Gasteiger partial charge >= 0.3 is 0 Å². The standard InChI is InChI=1S/C14H14ClF2N5O/c15-9-5-11(18-7-9)14(23)22-3-1-21(2-4-22)12-6-10(13(16)17)19-8-20-12/h5-8,13,18H,1-4H2. The Balaban J connectivity index is 1.64. The summed E-state index contributed by atoms with van der Waals surface area (Å²) in [7, 11) is 0. The molecule has 0 radical (unpaired) electrons. The fourth-order valence-electron chi connectivity index (χ4n) is 2.45. The molecule has 0 bridgehead atoms. The van der Waals surface area contributed by atoms with Gasteiger partial charge < -0.3 is 14.8 Å². The average molecular weight is 342 g/mol. The Labute approximate surface area is 136 Å². The van der Waals surface area contributed by atoms with E-state index in [0.717, 1.165) is 6.33 Å². The number of nitrogens with one attached hydrogen (secondary N) is 1. The van der Waals surface area contributed by atoms with E-state index in [-0.39, 0.29) is 11.6 Å². The molecule has 1 aliphatic rings. The summed E-state index contributed by atoms with van der Waals surface area (Å²) in [6.45, 7) is 1.98. The highest BCUT2D eigenvalue weighted by Gasteiger charge is 2.24. The van der Waals surface area contributed by atoms with Crippen LogP contribution in [0.25, 0.3) is 0 Å². The van der Waals surface area contributed by atoms with Crippen molar-refractivity contribution in [2.45, 2.75) is 6.43 Å². The lowest BCUT2D eigenvalue weighted by Gasteiger charge is -2.35. The Morgan fingerprint density at radius 2 is 1.96 bits per heavy atom. The molecule has 23 heavy (non-hydrogen) atoms. The summed E-state index contributed by atoms with van der Waals surface area (Å²) in [5.41, 5.74) is 0.139. The number of hydrogen-bond donors (Lipinski definition) is 1. The maximum Gasteiger partial charge on any atom is 0.280 e. The van der Waals surface area contributed by atoms with Gasteiger partial charge in [-0.2, -0.15) is 0 Å². The van der Waals surface area contributed by atoms with Crippen LogP contribution in [0.5, 0.6) is 0 Å². The van der Waals surface area contributed by atoms with Gasteiger partial charge in [0.25, 0.3) is 12.3 Å². The summed E-state index contributed by atoms with van der Waals surface area (Å²) < 4.78 is 25.4. The van der Waals surface area contributed by atoms with Crippen LogP contribution < -0.4 is 4.90 Å². The second-order valence-electron chi connectivity index (χ2n) is 5.11. The van der Waals surface area contributed by atoms with Gasteiger partial charge in [0.2, 0.25) is 0 Å². The summed E-state index contributed by atoms with van der Waals surface area (Å²) >= 11 is 5.80. The van der Waals surface area contributed by atoms with Crippen LogP contribution in [0.2, 0.25) is 5.02 Å². The number of anilines is 1. The van der Waals surface area contributed by atoms with Crippen molar-refractivity contribution >= 4 is 23.3 Å². The van der Waals surface area contributed by atoms with Crippen LogP contribution in [0.3, 0.4) is 0 Å². The zero-order valence-electron chi connectivity index (χ0n) is 12.0. The van der Waals surface area contributed by atoms with E-state index < -0.39 is 6.43 Å². The molecule has 3 rings (SSSR count). The molecule has 0 aliphatic carbocycles. The third kappa shape index (κ3) is 3.42. The molecule has 2 aromatic heterocycles. The highest BCUT2D eigenvalue weighted by Crippen LogP contribution is 2.21. The third-order valence-corrected chi connectivity index (χ3v) is 3.88. The van der Waals surface area contributed by atoms with Crippen molar-refractivity contribution in [3.05, 3.63) is 41.1 Å². The molecule has 0 atom stereocenters. The number of amides is 1. The molecule has 2 aromatic rings. The molecule has 3 heterocycles. The minimum Gasteiger partial charge on any atom is -0.356 e. The number of nitrogens with zero attached hydrogens (tertiary/aromatic N) is 4. The van der Waals surface area contributed by atoms with Gasteiger partial charge in [-0.25, -0.2) is 18.7 Å². The van der Waals surface area contributed by atoms with E-state index in [1.807, 2.05) is 4.90 Å². The molecule has 0 aromatic carbocycles. The van der Waals surface area contributed by atoms with E-state index in [1.54, 1.807) is 17.2 Å². The quantitative estimate of drug-likeness (QED) is 0.930. The molecule has 9 heteroatoms. The Hall–Kier alpha value is -2.22. The van der Waals surface area contributed by atoms with Crippen LogP contribution in [0.1, 0.15) is 22.6 Å². The molecule has 0 saturated carbocycles. The number of carbonyl (C=O) groups excluding carboxylic acids is 1. The molecular formula is C14H14ClF2N5O. The molecule has 122 valence electrons. The summed E-state index contributed by atoms with van der Waals surface area (Å²) in [5, 5.41) is 0.479. The molecule has 0 spiro atoms. The van der Waals surface area contributed by atoms with E-state index in [9.17, 15) is 13.6 Å². The molecule has 1 amide bonds. The number of alkyl halides is 2. The first-order chi connectivity index (χ1) is 11.0. The average Bonchev–Trinajstić information content (AvgIpc) is 3.01.